The van der Waals surface area contributed by atoms with Crippen molar-refractivity contribution in [2.45, 2.75) is 13.0 Å². The van der Waals surface area contributed by atoms with E-state index in [4.69, 9.17) is 4.74 Å². The van der Waals surface area contributed by atoms with Crippen LogP contribution in [0.5, 0.6) is 5.75 Å². The zero-order valence-electron chi connectivity index (χ0n) is 13.3. The first kappa shape index (κ1) is 17.4. The topological polar surface area (TPSA) is 67.4 Å². The Bertz CT molecular complexity index is 925. The third kappa shape index (κ3) is 4.37. The Balaban J connectivity index is 1.57. The number of hydrazine groups is 1. The summed E-state index contributed by atoms with van der Waals surface area (Å²) in [5, 5.41) is 3.82. The number of carbonyl (C=O) groups excluding carboxylic acids is 2. The van der Waals surface area contributed by atoms with Gasteiger partial charge in [-0.05, 0) is 51.8 Å². The number of ether oxygens (including phenoxy) is 1. The predicted molar refractivity (Wildman–Crippen MR) is 102 cm³/mol. The van der Waals surface area contributed by atoms with Gasteiger partial charge in [-0.1, -0.05) is 30.3 Å². The Morgan fingerprint density at radius 3 is 2.56 bits per heavy atom. The first-order valence-corrected chi connectivity index (χ1v) is 9.20. The lowest BCUT2D eigenvalue weighted by Crippen LogP contribution is -2.47. The molecule has 7 heteroatoms. The lowest BCUT2D eigenvalue weighted by atomic mass is 10.1. The highest BCUT2D eigenvalue weighted by Gasteiger charge is 2.16. The molecule has 3 rings (SSSR count). The fourth-order valence-electron chi connectivity index (χ4n) is 2.22. The van der Waals surface area contributed by atoms with Crippen LogP contribution < -0.4 is 15.6 Å². The fraction of sp³-hybridized carbons (Fsp3) is 0.111. The van der Waals surface area contributed by atoms with Crippen molar-refractivity contribution in [2.75, 3.05) is 0 Å². The molecule has 0 aliphatic heterocycles. The van der Waals surface area contributed by atoms with Gasteiger partial charge in [0.25, 0.3) is 11.8 Å². The van der Waals surface area contributed by atoms with Crippen molar-refractivity contribution < 1.29 is 14.3 Å². The van der Waals surface area contributed by atoms with E-state index in [0.29, 0.717) is 11.3 Å². The van der Waals surface area contributed by atoms with E-state index in [-0.39, 0.29) is 5.91 Å². The van der Waals surface area contributed by atoms with Crippen LogP contribution in [0.4, 0.5) is 0 Å². The van der Waals surface area contributed by atoms with Crippen LogP contribution in [0.1, 0.15) is 17.3 Å². The Kier molecular flexibility index (Phi) is 5.35. The molecule has 1 unspecified atom stereocenters. The number of amides is 2. The van der Waals surface area contributed by atoms with Gasteiger partial charge in [0, 0.05) is 5.38 Å². The maximum Gasteiger partial charge on any atom is 0.279 e. The second kappa shape index (κ2) is 7.67. The molecule has 2 aromatic carbocycles. The molecular formula is C18H15BrN2O3S. The molecule has 1 aromatic heterocycles. The van der Waals surface area contributed by atoms with E-state index in [9.17, 15) is 9.59 Å². The minimum Gasteiger partial charge on any atom is -0.481 e. The van der Waals surface area contributed by atoms with E-state index < -0.39 is 12.0 Å². The van der Waals surface area contributed by atoms with Gasteiger partial charge in [-0.2, -0.15) is 0 Å². The van der Waals surface area contributed by atoms with Crippen molar-refractivity contribution in [3.8, 4) is 5.75 Å². The number of benzene rings is 2. The maximum atomic E-state index is 12.1. The van der Waals surface area contributed by atoms with Gasteiger partial charge >= 0.3 is 0 Å². The van der Waals surface area contributed by atoms with Crippen molar-refractivity contribution in [2.24, 2.45) is 0 Å². The average molecular weight is 419 g/mol. The van der Waals surface area contributed by atoms with Gasteiger partial charge in [0.1, 0.15) is 5.75 Å². The van der Waals surface area contributed by atoms with Gasteiger partial charge in [0.15, 0.2) is 6.10 Å². The van der Waals surface area contributed by atoms with Gasteiger partial charge in [-0.25, -0.2) is 0 Å². The molecule has 1 atom stereocenters. The lowest BCUT2D eigenvalue weighted by Gasteiger charge is -2.15. The Hall–Kier alpha value is -2.38. The Labute approximate surface area is 157 Å². The normalized spacial score (nSPS) is 11.8. The summed E-state index contributed by atoms with van der Waals surface area (Å²) in [6.07, 6.45) is -0.754. The van der Waals surface area contributed by atoms with Crippen molar-refractivity contribution >= 4 is 49.9 Å². The zero-order valence-corrected chi connectivity index (χ0v) is 15.7. The molecule has 0 saturated heterocycles. The van der Waals surface area contributed by atoms with Gasteiger partial charge < -0.3 is 4.74 Å². The van der Waals surface area contributed by atoms with Crippen molar-refractivity contribution in [1.29, 1.82) is 0 Å². The highest BCUT2D eigenvalue weighted by atomic mass is 79.9. The van der Waals surface area contributed by atoms with Crippen LogP contribution in [-0.2, 0) is 4.79 Å². The molecule has 0 fully saturated rings. The maximum absolute atomic E-state index is 12.1. The molecule has 1 heterocycles. The summed E-state index contributed by atoms with van der Waals surface area (Å²) in [7, 11) is 0. The van der Waals surface area contributed by atoms with Gasteiger partial charge in [-0.3, -0.25) is 20.4 Å². The van der Waals surface area contributed by atoms with E-state index in [1.165, 1.54) is 11.3 Å². The molecule has 3 aromatic rings. The predicted octanol–water partition coefficient (Wildman–Crippen LogP) is 3.89. The number of hydrogen-bond donors (Lipinski definition) is 2. The summed E-state index contributed by atoms with van der Waals surface area (Å²) < 4.78 is 6.50. The molecule has 0 radical (unpaired) electrons. The molecule has 128 valence electrons. The summed E-state index contributed by atoms with van der Waals surface area (Å²) in [5.74, 6) is -0.224. The zero-order chi connectivity index (χ0) is 17.8. The van der Waals surface area contributed by atoms with Gasteiger partial charge in [-0.15, -0.1) is 11.3 Å². The van der Waals surface area contributed by atoms with Crippen molar-refractivity contribution in [3.63, 3.8) is 0 Å². The van der Waals surface area contributed by atoms with Crippen LogP contribution in [0, 0.1) is 0 Å². The van der Waals surface area contributed by atoms with Crippen LogP contribution in [0.2, 0.25) is 0 Å². The third-order valence-electron chi connectivity index (χ3n) is 3.53. The molecule has 0 spiro atoms. The van der Waals surface area contributed by atoms with Crippen molar-refractivity contribution in [1.82, 2.24) is 10.9 Å². The lowest BCUT2D eigenvalue weighted by molar-refractivity contribution is -0.128. The molecule has 2 amide bonds. The summed E-state index contributed by atoms with van der Waals surface area (Å²) in [4.78, 5) is 24.0. The van der Waals surface area contributed by atoms with Crippen LogP contribution in [0.3, 0.4) is 0 Å². The molecule has 0 aliphatic carbocycles. The number of hydrogen-bond acceptors (Lipinski definition) is 4. The average Bonchev–Trinajstić information content (AvgIpc) is 3.05. The number of rotatable bonds is 4. The number of fused-ring (bicyclic) bond motifs is 1. The first-order valence-electron chi connectivity index (χ1n) is 7.52. The van der Waals surface area contributed by atoms with Crippen LogP contribution >= 0.6 is 27.3 Å². The molecule has 5 nitrogen and oxygen atoms in total. The van der Waals surface area contributed by atoms with E-state index in [1.807, 2.05) is 42.5 Å². The molecule has 0 bridgehead atoms. The highest BCUT2D eigenvalue weighted by molar-refractivity contribution is 9.11. The number of nitrogens with one attached hydrogen (secondary N) is 2. The van der Waals surface area contributed by atoms with Crippen LogP contribution in [0.15, 0.2) is 57.7 Å². The van der Waals surface area contributed by atoms with E-state index in [2.05, 4.69) is 26.8 Å². The highest BCUT2D eigenvalue weighted by Crippen LogP contribution is 2.22. The smallest absolute Gasteiger partial charge is 0.279 e. The molecule has 25 heavy (non-hydrogen) atoms. The summed E-state index contributed by atoms with van der Waals surface area (Å²) in [6, 6.07) is 15.2. The fourth-order valence-corrected chi connectivity index (χ4v) is 3.36. The molecular weight excluding hydrogens is 404 g/mol. The second-order valence-corrected chi connectivity index (χ2v) is 7.64. The first-order chi connectivity index (χ1) is 12.0. The standard InChI is InChI=1S/C18H15BrN2O3S/c1-11(17(22)20-21-18(23)14-9-16(19)25-10-14)24-15-7-6-12-4-2-3-5-13(12)8-15/h2-11H,1H3,(H,20,22)(H,21,23). The number of halogens is 1. The molecule has 0 aliphatic rings. The largest absolute Gasteiger partial charge is 0.481 e. The van der Waals surface area contributed by atoms with Crippen molar-refractivity contribution in [3.05, 3.63) is 63.3 Å². The van der Waals surface area contributed by atoms with E-state index in [1.54, 1.807) is 18.4 Å². The Morgan fingerprint density at radius 1 is 1.08 bits per heavy atom. The van der Waals surface area contributed by atoms with Gasteiger partial charge in [0.2, 0.25) is 0 Å². The summed E-state index contributed by atoms with van der Waals surface area (Å²) in [5.41, 5.74) is 5.22. The SMILES string of the molecule is CC(Oc1ccc2ccccc2c1)C(=O)NNC(=O)c1csc(Br)c1. The van der Waals surface area contributed by atoms with E-state index >= 15 is 0 Å². The third-order valence-corrected chi connectivity index (χ3v) is 5.04. The summed E-state index contributed by atoms with van der Waals surface area (Å²) in [6.45, 7) is 1.62. The molecule has 0 saturated carbocycles. The monoisotopic (exact) mass is 418 g/mol. The van der Waals surface area contributed by atoms with Gasteiger partial charge in [0.05, 0.1) is 9.35 Å². The molecule has 2 N–H and O–H groups in total. The van der Waals surface area contributed by atoms with E-state index in [0.717, 1.165) is 14.6 Å². The minimum absolute atomic E-state index is 0.381. The van der Waals surface area contributed by atoms with Crippen LogP contribution in [0.25, 0.3) is 10.8 Å². The number of carbonyl (C=O) groups is 2. The number of thiophene rings is 1. The second-order valence-electron chi connectivity index (χ2n) is 5.35. The summed E-state index contributed by atoms with van der Waals surface area (Å²) >= 11 is 4.68. The Morgan fingerprint density at radius 2 is 1.84 bits per heavy atom. The minimum atomic E-state index is -0.754. The quantitative estimate of drug-likeness (QED) is 0.631. The van der Waals surface area contributed by atoms with Crippen LogP contribution in [-0.4, -0.2) is 17.9 Å².